The van der Waals surface area contributed by atoms with Crippen LogP contribution >= 0.6 is 0 Å². The Morgan fingerprint density at radius 2 is 0.955 bits per heavy atom. The molecule has 0 fully saturated rings. The first-order chi connectivity index (χ1) is 10.9. The molecule has 0 saturated heterocycles. The Bertz CT molecular complexity index is 505. The van der Waals surface area contributed by atoms with E-state index in [0.717, 1.165) is 25.9 Å². The lowest BCUT2D eigenvalue weighted by molar-refractivity contribution is 0.655. The van der Waals surface area contributed by atoms with Crippen LogP contribution in [0.3, 0.4) is 0 Å². The number of unbranched alkanes of at least 4 members (excludes halogenated alkanes) is 3. The Balaban J connectivity index is 1.48. The molecule has 0 aliphatic carbocycles. The normalized spacial score (nSPS) is 11.5. The summed E-state index contributed by atoms with van der Waals surface area (Å²) in [6, 6.07) is 20.5. The van der Waals surface area contributed by atoms with Gasteiger partial charge in [0.1, 0.15) is 0 Å². The molecule has 0 aromatic heterocycles. The zero-order chi connectivity index (χ0) is 15.3. The van der Waals surface area contributed by atoms with Crippen LogP contribution in [0.5, 0.6) is 0 Å². The average molecular weight is 292 g/mol. The highest BCUT2D eigenvalue weighted by Crippen LogP contribution is 2.01. The Morgan fingerprint density at radius 1 is 0.545 bits per heavy atom. The smallest absolute Gasteiger partial charge is 0.0389 e. The lowest BCUT2D eigenvalue weighted by Gasteiger charge is -1.97. The molecular formula is C20H24N2. The van der Waals surface area contributed by atoms with Crippen LogP contribution in [-0.4, -0.2) is 25.5 Å². The van der Waals surface area contributed by atoms with Gasteiger partial charge in [0.05, 0.1) is 0 Å². The van der Waals surface area contributed by atoms with E-state index in [1.165, 1.54) is 24.0 Å². The minimum atomic E-state index is 0.919. The first kappa shape index (κ1) is 16.2. The highest BCUT2D eigenvalue weighted by atomic mass is 14.7. The van der Waals surface area contributed by atoms with Gasteiger partial charge in [-0.2, -0.15) is 0 Å². The van der Waals surface area contributed by atoms with E-state index >= 15 is 0 Å². The molecule has 0 bridgehead atoms. The molecule has 0 spiro atoms. The zero-order valence-electron chi connectivity index (χ0n) is 13.1. The second-order valence-corrected chi connectivity index (χ2v) is 5.31. The summed E-state index contributed by atoms with van der Waals surface area (Å²) in [5.74, 6) is 0. The summed E-state index contributed by atoms with van der Waals surface area (Å²) in [5, 5.41) is 0. The Hall–Kier alpha value is -2.22. The fourth-order valence-electron chi connectivity index (χ4n) is 2.18. The van der Waals surface area contributed by atoms with Gasteiger partial charge in [-0.05, 0) is 24.0 Å². The van der Waals surface area contributed by atoms with Crippen LogP contribution < -0.4 is 0 Å². The molecule has 0 saturated carbocycles. The summed E-state index contributed by atoms with van der Waals surface area (Å²) in [6.07, 6.45) is 8.70. The summed E-state index contributed by atoms with van der Waals surface area (Å²) in [4.78, 5) is 8.92. The van der Waals surface area contributed by atoms with Crippen molar-refractivity contribution in [1.29, 1.82) is 0 Å². The molecular weight excluding hydrogens is 268 g/mol. The molecule has 114 valence electrons. The molecule has 0 unspecified atom stereocenters. The number of rotatable bonds is 9. The van der Waals surface area contributed by atoms with Crippen LogP contribution in [0.4, 0.5) is 0 Å². The number of hydrogen-bond donors (Lipinski definition) is 0. The van der Waals surface area contributed by atoms with Crippen LogP contribution in [0, 0.1) is 0 Å². The Morgan fingerprint density at radius 3 is 1.36 bits per heavy atom. The van der Waals surface area contributed by atoms with E-state index in [-0.39, 0.29) is 0 Å². The summed E-state index contributed by atoms with van der Waals surface area (Å²) >= 11 is 0. The molecule has 0 atom stereocenters. The molecule has 0 aliphatic heterocycles. The highest BCUT2D eigenvalue weighted by Gasteiger charge is 1.89. The SMILES string of the molecule is C(=N\CCCCCC/N=C/c1ccccc1)/c1ccccc1. The van der Waals surface area contributed by atoms with Gasteiger partial charge < -0.3 is 0 Å². The molecule has 0 amide bonds. The van der Waals surface area contributed by atoms with Crippen molar-refractivity contribution in [3.8, 4) is 0 Å². The van der Waals surface area contributed by atoms with Crippen molar-refractivity contribution in [2.24, 2.45) is 9.98 Å². The second-order valence-electron chi connectivity index (χ2n) is 5.31. The number of benzene rings is 2. The standard InChI is InChI=1S/C20H24N2/c1(9-15-21-17-19-11-5-3-6-12-19)2-10-16-22-18-20-13-7-4-8-14-20/h3-8,11-14,17-18H,1-2,9-10,15-16H2/b21-17+,22-18+. The predicted molar refractivity (Wildman–Crippen MR) is 96.3 cm³/mol. The van der Waals surface area contributed by atoms with E-state index in [4.69, 9.17) is 0 Å². The molecule has 0 N–H and O–H groups in total. The van der Waals surface area contributed by atoms with Crippen LogP contribution in [0.15, 0.2) is 70.6 Å². The number of nitrogens with zero attached hydrogens (tertiary/aromatic N) is 2. The maximum atomic E-state index is 4.46. The minimum absolute atomic E-state index is 0.919. The summed E-state index contributed by atoms with van der Waals surface area (Å²) in [7, 11) is 0. The molecule has 2 heteroatoms. The third-order valence-corrected chi connectivity index (χ3v) is 3.40. The van der Waals surface area contributed by atoms with Crippen LogP contribution in [0.2, 0.25) is 0 Å². The van der Waals surface area contributed by atoms with E-state index in [9.17, 15) is 0 Å². The first-order valence-electron chi connectivity index (χ1n) is 8.05. The number of hydrogen-bond acceptors (Lipinski definition) is 2. The highest BCUT2D eigenvalue weighted by molar-refractivity contribution is 5.79. The van der Waals surface area contributed by atoms with E-state index in [0.29, 0.717) is 0 Å². The number of aliphatic imine (C=N–C) groups is 2. The van der Waals surface area contributed by atoms with Gasteiger partial charge >= 0.3 is 0 Å². The van der Waals surface area contributed by atoms with E-state index in [1.807, 2.05) is 48.8 Å². The molecule has 2 rings (SSSR count). The van der Waals surface area contributed by atoms with Gasteiger partial charge in [-0.3, -0.25) is 9.98 Å². The van der Waals surface area contributed by atoms with Gasteiger partial charge in [0.15, 0.2) is 0 Å². The van der Waals surface area contributed by atoms with E-state index in [1.54, 1.807) is 0 Å². The van der Waals surface area contributed by atoms with Gasteiger partial charge in [-0.15, -0.1) is 0 Å². The largest absolute Gasteiger partial charge is 0.293 e. The lowest BCUT2D eigenvalue weighted by Crippen LogP contribution is -1.88. The van der Waals surface area contributed by atoms with Gasteiger partial charge in [0.25, 0.3) is 0 Å². The monoisotopic (exact) mass is 292 g/mol. The maximum absolute atomic E-state index is 4.46. The average Bonchev–Trinajstić information content (AvgIpc) is 2.58. The van der Waals surface area contributed by atoms with Crippen molar-refractivity contribution < 1.29 is 0 Å². The third kappa shape index (κ3) is 6.98. The summed E-state index contributed by atoms with van der Waals surface area (Å²) < 4.78 is 0. The molecule has 2 aromatic rings. The van der Waals surface area contributed by atoms with Crippen molar-refractivity contribution in [1.82, 2.24) is 0 Å². The van der Waals surface area contributed by atoms with E-state index < -0.39 is 0 Å². The van der Waals surface area contributed by atoms with Gasteiger partial charge in [-0.25, -0.2) is 0 Å². The Kier molecular flexibility index (Phi) is 7.71. The Labute approximate surface area is 133 Å². The summed E-state index contributed by atoms with van der Waals surface area (Å²) in [5.41, 5.74) is 2.36. The van der Waals surface area contributed by atoms with Crippen molar-refractivity contribution in [2.75, 3.05) is 13.1 Å². The second kappa shape index (κ2) is 10.5. The molecule has 2 aromatic carbocycles. The van der Waals surface area contributed by atoms with E-state index in [2.05, 4.69) is 34.3 Å². The topological polar surface area (TPSA) is 24.7 Å². The van der Waals surface area contributed by atoms with Gasteiger partial charge in [0.2, 0.25) is 0 Å². The lowest BCUT2D eigenvalue weighted by atomic mass is 10.2. The summed E-state index contributed by atoms with van der Waals surface area (Å²) in [6.45, 7) is 1.84. The molecule has 22 heavy (non-hydrogen) atoms. The van der Waals surface area contributed by atoms with Crippen LogP contribution in [0.1, 0.15) is 36.8 Å². The first-order valence-corrected chi connectivity index (χ1v) is 8.05. The maximum Gasteiger partial charge on any atom is 0.0389 e. The van der Waals surface area contributed by atoms with Crippen LogP contribution in [0.25, 0.3) is 0 Å². The molecule has 0 radical (unpaired) electrons. The predicted octanol–water partition coefficient (Wildman–Crippen LogP) is 4.79. The molecule has 2 nitrogen and oxygen atoms in total. The van der Waals surface area contributed by atoms with Gasteiger partial charge in [0, 0.05) is 25.5 Å². The van der Waals surface area contributed by atoms with Crippen molar-refractivity contribution in [3.63, 3.8) is 0 Å². The third-order valence-electron chi connectivity index (χ3n) is 3.40. The van der Waals surface area contributed by atoms with Crippen molar-refractivity contribution in [3.05, 3.63) is 71.8 Å². The molecule has 0 heterocycles. The van der Waals surface area contributed by atoms with Crippen molar-refractivity contribution in [2.45, 2.75) is 25.7 Å². The fourth-order valence-corrected chi connectivity index (χ4v) is 2.18. The van der Waals surface area contributed by atoms with Crippen LogP contribution in [-0.2, 0) is 0 Å². The fraction of sp³-hybridized carbons (Fsp3) is 0.300. The molecule has 0 aliphatic rings. The minimum Gasteiger partial charge on any atom is -0.293 e. The van der Waals surface area contributed by atoms with Crippen molar-refractivity contribution >= 4 is 12.4 Å². The quantitative estimate of drug-likeness (QED) is 0.469. The zero-order valence-corrected chi connectivity index (χ0v) is 13.1. The van der Waals surface area contributed by atoms with Gasteiger partial charge in [-0.1, -0.05) is 73.5 Å².